The molecule has 0 atom stereocenters. The maximum Gasteiger partial charge on any atom is 0.123 e. The zero-order chi connectivity index (χ0) is 12.4. The highest BCUT2D eigenvalue weighted by Crippen LogP contribution is 2.26. The Bertz CT molecular complexity index is 675. The predicted octanol–water partition coefficient (Wildman–Crippen LogP) is 3.08. The second-order valence-electron chi connectivity index (χ2n) is 4.09. The zero-order valence-corrected chi connectivity index (χ0v) is 10.9. The molecule has 1 aromatic carbocycles. The Morgan fingerprint density at radius 2 is 2.22 bits per heavy atom. The van der Waals surface area contributed by atoms with Gasteiger partial charge in [-0.25, -0.2) is 4.98 Å². The fourth-order valence-corrected chi connectivity index (χ4v) is 2.73. The van der Waals surface area contributed by atoms with Crippen molar-refractivity contribution in [3.63, 3.8) is 0 Å². The van der Waals surface area contributed by atoms with E-state index in [1.165, 1.54) is 0 Å². The molecule has 0 aliphatic carbocycles. The van der Waals surface area contributed by atoms with Crippen molar-refractivity contribution in [2.75, 3.05) is 7.05 Å². The van der Waals surface area contributed by atoms with Gasteiger partial charge in [0.25, 0.3) is 0 Å². The van der Waals surface area contributed by atoms with Gasteiger partial charge in [-0.15, -0.1) is 11.3 Å². The molecular formula is C14H13N3S. The highest BCUT2D eigenvalue weighted by molar-refractivity contribution is 7.13. The minimum Gasteiger partial charge on any atom is -0.314 e. The lowest BCUT2D eigenvalue weighted by Gasteiger charge is -1.99. The Morgan fingerprint density at radius 3 is 3.11 bits per heavy atom. The molecule has 0 unspecified atom stereocenters. The summed E-state index contributed by atoms with van der Waals surface area (Å²) >= 11 is 1.68. The second kappa shape index (κ2) is 4.84. The van der Waals surface area contributed by atoms with E-state index in [0.717, 1.165) is 33.7 Å². The van der Waals surface area contributed by atoms with Crippen molar-refractivity contribution in [1.29, 1.82) is 0 Å². The van der Waals surface area contributed by atoms with E-state index in [9.17, 15) is 0 Å². The van der Waals surface area contributed by atoms with Crippen molar-refractivity contribution in [3.8, 4) is 10.6 Å². The average Bonchev–Trinajstić information content (AvgIpc) is 2.87. The standard InChI is InChI=1S/C14H13N3S/c1-15-8-12-9-18-14(17-12)11-4-5-13-10(7-11)3-2-6-16-13/h2-7,9,15H,8H2,1H3. The van der Waals surface area contributed by atoms with Crippen LogP contribution in [0.2, 0.25) is 0 Å². The second-order valence-corrected chi connectivity index (χ2v) is 4.94. The maximum absolute atomic E-state index is 4.61. The normalized spacial score (nSPS) is 10.9. The highest BCUT2D eigenvalue weighted by atomic mass is 32.1. The highest BCUT2D eigenvalue weighted by Gasteiger charge is 2.05. The number of benzene rings is 1. The van der Waals surface area contributed by atoms with Crippen molar-refractivity contribution in [3.05, 3.63) is 47.6 Å². The lowest BCUT2D eigenvalue weighted by atomic mass is 10.1. The largest absolute Gasteiger partial charge is 0.314 e. The van der Waals surface area contributed by atoms with Crippen molar-refractivity contribution in [1.82, 2.24) is 15.3 Å². The molecular weight excluding hydrogens is 242 g/mol. The number of rotatable bonds is 3. The summed E-state index contributed by atoms with van der Waals surface area (Å²) in [6.07, 6.45) is 1.82. The summed E-state index contributed by atoms with van der Waals surface area (Å²) in [5, 5.41) is 7.42. The quantitative estimate of drug-likeness (QED) is 0.781. The summed E-state index contributed by atoms with van der Waals surface area (Å²) in [5.41, 5.74) is 3.26. The van der Waals surface area contributed by atoms with E-state index >= 15 is 0 Å². The number of hydrogen-bond acceptors (Lipinski definition) is 4. The molecule has 3 aromatic rings. The number of nitrogens with one attached hydrogen (secondary N) is 1. The summed E-state index contributed by atoms with van der Waals surface area (Å²) in [6, 6.07) is 10.3. The molecule has 0 aliphatic rings. The number of pyridine rings is 1. The SMILES string of the molecule is CNCc1csc(-c2ccc3ncccc3c2)n1. The van der Waals surface area contributed by atoms with Gasteiger partial charge in [-0.1, -0.05) is 6.07 Å². The van der Waals surface area contributed by atoms with E-state index in [1.54, 1.807) is 11.3 Å². The van der Waals surface area contributed by atoms with Gasteiger partial charge in [0.05, 0.1) is 11.2 Å². The van der Waals surface area contributed by atoms with Crippen LogP contribution >= 0.6 is 11.3 Å². The molecule has 3 nitrogen and oxygen atoms in total. The molecule has 0 bridgehead atoms. The fourth-order valence-electron chi connectivity index (χ4n) is 1.91. The minimum absolute atomic E-state index is 0.811. The van der Waals surface area contributed by atoms with E-state index in [-0.39, 0.29) is 0 Å². The molecule has 4 heteroatoms. The van der Waals surface area contributed by atoms with Crippen LogP contribution < -0.4 is 5.32 Å². The Labute approximate surface area is 110 Å². The van der Waals surface area contributed by atoms with Crippen LogP contribution in [0.3, 0.4) is 0 Å². The van der Waals surface area contributed by atoms with Crippen molar-refractivity contribution >= 4 is 22.2 Å². The maximum atomic E-state index is 4.61. The molecule has 0 amide bonds. The first-order valence-electron chi connectivity index (χ1n) is 5.81. The zero-order valence-electron chi connectivity index (χ0n) is 10.1. The third-order valence-corrected chi connectivity index (χ3v) is 3.70. The van der Waals surface area contributed by atoms with Gasteiger partial charge in [0.1, 0.15) is 5.01 Å². The molecule has 18 heavy (non-hydrogen) atoms. The first-order valence-corrected chi connectivity index (χ1v) is 6.69. The van der Waals surface area contributed by atoms with Gasteiger partial charge in [-0.05, 0) is 31.3 Å². The van der Waals surface area contributed by atoms with Crippen LogP contribution in [-0.2, 0) is 6.54 Å². The van der Waals surface area contributed by atoms with Crippen LogP contribution in [0, 0.1) is 0 Å². The molecule has 1 N–H and O–H groups in total. The van der Waals surface area contributed by atoms with E-state index in [2.05, 4.69) is 38.9 Å². The number of aromatic nitrogens is 2. The van der Waals surface area contributed by atoms with Gasteiger partial charge in [-0.3, -0.25) is 4.98 Å². The van der Waals surface area contributed by atoms with Crippen LogP contribution in [-0.4, -0.2) is 17.0 Å². The average molecular weight is 255 g/mol. The number of nitrogens with zero attached hydrogens (tertiary/aromatic N) is 2. The topological polar surface area (TPSA) is 37.8 Å². The lowest BCUT2D eigenvalue weighted by molar-refractivity contribution is 0.798. The molecule has 0 fully saturated rings. The Morgan fingerprint density at radius 1 is 1.28 bits per heavy atom. The van der Waals surface area contributed by atoms with Crippen LogP contribution in [0.15, 0.2) is 41.9 Å². The molecule has 2 aromatic heterocycles. The first-order chi connectivity index (χ1) is 8.86. The van der Waals surface area contributed by atoms with Gasteiger partial charge < -0.3 is 5.32 Å². The van der Waals surface area contributed by atoms with Gasteiger partial charge in [0.15, 0.2) is 0 Å². The van der Waals surface area contributed by atoms with Gasteiger partial charge in [0, 0.05) is 29.1 Å². The molecule has 0 spiro atoms. The summed E-state index contributed by atoms with van der Waals surface area (Å²) < 4.78 is 0. The van der Waals surface area contributed by atoms with Gasteiger partial charge in [0.2, 0.25) is 0 Å². The van der Waals surface area contributed by atoms with Crippen molar-refractivity contribution in [2.45, 2.75) is 6.54 Å². The van der Waals surface area contributed by atoms with Crippen LogP contribution in [0.4, 0.5) is 0 Å². The van der Waals surface area contributed by atoms with E-state index in [4.69, 9.17) is 0 Å². The third-order valence-electron chi connectivity index (χ3n) is 2.76. The lowest BCUT2D eigenvalue weighted by Crippen LogP contribution is -2.04. The molecule has 0 saturated heterocycles. The summed E-state index contributed by atoms with van der Waals surface area (Å²) in [4.78, 5) is 8.94. The predicted molar refractivity (Wildman–Crippen MR) is 75.6 cm³/mol. The van der Waals surface area contributed by atoms with Gasteiger partial charge >= 0.3 is 0 Å². The molecule has 2 heterocycles. The van der Waals surface area contributed by atoms with E-state index in [1.807, 2.05) is 25.4 Å². The molecule has 0 saturated carbocycles. The smallest absolute Gasteiger partial charge is 0.123 e. The molecule has 3 rings (SSSR count). The summed E-state index contributed by atoms with van der Waals surface area (Å²) in [5.74, 6) is 0. The fraction of sp³-hybridized carbons (Fsp3) is 0.143. The van der Waals surface area contributed by atoms with Crippen molar-refractivity contribution in [2.24, 2.45) is 0 Å². The van der Waals surface area contributed by atoms with Crippen LogP contribution in [0.5, 0.6) is 0 Å². The molecule has 0 aliphatic heterocycles. The molecule has 0 radical (unpaired) electrons. The number of hydrogen-bond donors (Lipinski definition) is 1. The number of thiazole rings is 1. The molecule has 90 valence electrons. The first kappa shape index (κ1) is 11.3. The third kappa shape index (κ3) is 2.12. The van der Waals surface area contributed by atoms with E-state index in [0.29, 0.717) is 0 Å². The summed E-state index contributed by atoms with van der Waals surface area (Å²) in [7, 11) is 1.93. The van der Waals surface area contributed by atoms with E-state index < -0.39 is 0 Å². The Kier molecular flexibility index (Phi) is 3.04. The van der Waals surface area contributed by atoms with Gasteiger partial charge in [-0.2, -0.15) is 0 Å². The van der Waals surface area contributed by atoms with Crippen LogP contribution in [0.1, 0.15) is 5.69 Å². The minimum atomic E-state index is 0.811. The van der Waals surface area contributed by atoms with Crippen LogP contribution in [0.25, 0.3) is 21.5 Å². The Hall–Kier alpha value is -1.78. The summed E-state index contributed by atoms with van der Waals surface area (Å²) in [6.45, 7) is 0.811. The Balaban J connectivity index is 2.02. The van der Waals surface area contributed by atoms with Crippen molar-refractivity contribution < 1.29 is 0 Å². The monoisotopic (exact) mass is 255 g/mol. The number of fused-ring (bicyclic) bond motifs is 1.